The number of hydrogen-bond acceptors (Lipinski definition) is 4. The maximum absolute atomic E-state index is 12.4. The third-order valence-electron chi connectivity index (χ3n) is 2.75. The molecule has 1 amide bonds. The number of carbonyl (C=O) groups is 2. The van der Waals surface area contributed by atoms with Gasteiger partial charge in [-0.1, -0.05) is 0 Å². The molecule has 0 N–H and O–H groups in total. The van der Waals surface area contributed by atoms with Gasteiger partial charge >= 0.3 is 5.97 Å². The first kappa shape index (κ1) is 15.7. The van der Waals surface area contributed by atoms with E-state index >= 15 is 0 Å². The Bertz CT molecular complexity index is 515. The summed E-state index contributed by atoms with van der Waals surface area (Å²) in [5.41, 5.74) is 0.935. The molecular formula is C15H18N2O3. The van der Waals surface area contributed by atoms with E-state index in [0.29, 0.717) is 11.1 Å². The van der Waals surface area contributed by atoms with Crippen LogP contribution in [0.15, 0.2) is 24.3 Å². The van der Waals surface area contributed by atoms with Crippen molar-refractivity contribution >= 4 is 11.9 Å². The highest BCUT2D eigenvalue weighted by atomic mass is 16.5. The van der Waals surface area contributed by atoms with Crippen LogP contribution in [0.2, 0.25) is 0 Å². The predicted octanol–water partition coefficient (Wildman–Crippen LogP) is 1.97. The van der Waals surface area contributed by atoms with Crippen LogP contribution in [0.1, 0.15) is 36.7 Å². The average Bonchev–Trinajstić information content (AvgIpc) is 2.44. The number of benzene rings is 1. The van der Waals surface area contributed by atoms with Gasteiger partial charge in [0.2, 0.25) is 0 Å². The molecule has 106 valence electrons. The van der Waals surface area contributed by atoms with Crippen molar-refractivity contribution < 1.29 is 14.3 Å². The number of carbonyl (C=O) groups excluding carboxylic acids is 2. The van der Waals surface area contributed by atoms with E-state index in [4.69, 9.17) is 10.00 Å². The number of esters is 1. The summed E-state index contributed by atoms with van der Waals surface area (Å²) in [6.45, 7) is 5.60. The molecule has 20 heavy (non-hydrogen) atoms. The van der Waals surface area contributed by atoms with Crippen LogP contribution >= 0.6 is 0 Å². The molecule has 5 nitrogen and oxygen atoms in total. The summed E-state index contributed by atoms with van der Waals surface area (Å²) >= 11 is 0. The van der Waals surface area contributed by atoms with Crippen LogP contribution in [0.4, 0.5) is 0 Å². The van der Waals surface area contributed by atoms with Crippen molar-refractivity contribution in [3.63, 3.8) is 0 Å². The van der Waals surface area contributed by atoms with Crippen LogP contribution in [-0.2, 0) is 9.53 Å². The highest BCUT2D eigenvalue weighted by molar-refractivity contribution is 5.96. The normalized spacial score (nSPS) is 9.95. The molecule has 0 aliphatic heterocycles. The molecule has 0 aliphatic rings. The fourth-order valence-corrected chi connectivity index (χ4v) is 1.69. The summed E-state index contributed by atoms with van der Waals surface area (Å²) in [7, 11) is 0. The molecule has 0 atom stereocenters. The molecule has 1 aromatic carbocycles. The van der Waals surface area contributed by atoms with Gasteiger partial charge < -0.3 is 9.64 Å². The van der Waals surface area contributed by atoms with Gasteiger partial charge in [-0.2, -0.15) is 5.26 Å². The Labute approximate surface area is 118 Å². The predicted molar refractivity (Wildman–Crippen MR) is 74.0 cm³/mol. The van der Waals surface area contributed by atoms with Gasteiger partial charge in [0.25, 0.3) is 5.91 Å². The Hall–Kier alpha value is -2.35. The lowest BCUT2D eigenvalue weighted by molar-refractivity contribution is -0.144. The number of rotatable bonds is 5. The summed E-state index contributed by atoms with van der Waals surface area (Å²) in [5, 5.41) is 8.74. The van der Waals surface area contributed by atoms with Gasteiger partial charge in [-0.25, -0.2) is 0 Å². The van der Waals surface area contributed by atoms with Crippen LogP contribution in [0.25, 0.3) is 0 Å². The Balaban J connectivity index is 2.88. The Morgan fingerprint density at radius 3 is 2.35 bits per heavy atom. The van der Waals surface area contributed by atoms with Gasteiger partial charge in [-0.15, -0.1) is 0 Å². The second kappa shape index (κ2) is 7.29. The Morgan fingerprint density at radius 1 is 1.30 bits per heavy atom. The minimum atomic E-state index is -0.428. The Morgan fingerprint density at radius 2 is 1.90 bits per heavy atom. The van der Waals surface area contributed by atoms with Gasteiger partial charge in [0, 0.05) is 11.6 Å². The Kier molecular flexibility index (Phi) is 5.73. The number of hydrogen-bond donors (Lipinski definition) is 0. The lowest BCUT2D eigenvalue weighted by atomic mass is 10.1. The van der Waals surface area contributed by atoms with Crippen molar-refractivity contribution in [2.45, 2.75) is 26.8 Å². The number of nitriles is 1. The van der Waals surface area contributed by atoms with Gasteiger partial charge in [0.1, 0.15) is 6.54 Å². The fourth-order valence-electron chi connectivity index (χ4n) is 1.69. The minimum Gasteiger partial charge on any atom is -0.465 e. The fraction of sp³-hybridized carbons (Fsp3) is 0.400. The van der Waals surface area contributed by atoms with Crippen LogP contribution in [-0.4, -0.2) is 36.0 Å². The standard InChI is InChI=1S/C15H18N2O3/c1-4-20-14(18)10-17(11(2)3)15(19)13-7-5-12(9-16)6-8-13/h5-8,11H,4,10H2,1-3H3. The van der Waals surface area contributed by atoms with Crippen LogP contribution in [0.5, 0.6) is 0 Å². The zero-order valence-corrected chi connectivity index (χ0v) is 11.9. The van der Waals surface area contributed by atoms with Gasteiger partial charge in [-0.05, 0) is 45.0 Å². The molecule has 0 bridgehead atoms. The second-order valence-corrected chi connectivity index (χ2v) is 4.52. The molecule has 0 saturated heterocycles. The summed E-state index contributed by atoms with van der Waals surface area (Å²) in [6, 6.07) is 8.20. The number of ether oxygens (including phenoxy) is 1. The van der Waals surface area contributed by atoms with Crippen molar-refractivity contribution in [3.8, 4) is 6.07 Å². The quantitative estimate of drug-likeness (QED) is 0.770. The van der Waals surface area contributed by atoms with E-state index in [-0.39, 0.29) is 25.1 Å². The van der Waals surface area contributed by atoms with E-state index in [9.17, 15) is 9.59 Å². The third kappa shape index (κ3) is 4.09. The number of nitrogens with zero attached hydrogens (tertiary/aromatic N) is 2. The maximum Gasteiger partial charge on any atom is 0.325 e. The SMILES string of the molecule is CCOC(=O)CN(C(=O)c1ccc(C#N)cc1)C(C)C. The van der Waals surface area contributed by atoms with E-state index in [0.717, 1.165) is 0 Å². The molecule has 0 saturated carbocycles. The molecule has 0 aromatic heterocycles. The van der Waals surface area contributed by atoms with Crippen LogP contribution < -0.4 is 0 Å². The molecule has 0 spiro atoms. The average molecular weight is 274 g/mol. The van der Waals surface area contributed by atoms with Gasteiger partial charge in [-0.3, -0.25) is 9.59 Å². The van der Waals surface area contributed by atoms with Crippen molar-refractivity contribution in [1.29, 1.82) is 5.26 Å². The summed E-state index contributed by atoms with van der Waals surface area (Å²) in [4.78, 5) is 25.3. The molecule has 0 aliphatic carbocycles. The first-order valence-electron chi connectivity index (χ1n) is 6.46. The van der Waals surface area contributed by atoms with Gasteiger partial charge in [0.05, 0.1) is 18.2 Å². The van der Waals surface area contributed by atoms with E-state index < -0.39 is 5.97 Å². The van der Waals surface area contributed by atoms with Crippen molar-refractivity contribution in [2.75, 3.05) is 13.2 Å². The largest absolute Gasteiger partial charge is 0.465 e. The molecule has 0 radical (unpaired) electrons. The highest BCUT2D eigenvalue weighted by Gasteiger charge is 2.22. The minimum absolute atomic E-state index is 0.0790. The molecule has 1 aromatic rings. The van der Waals surface area contributed by atoms with Crippen molar-refractivity contribution in [1.82, 2.24) is 4.90 Å². The molecule has 0 fully saturated rings. The second-order valence-electron chi connectivity index (χ2n) is 4.52. The molecule has 0 heterocycles. The first-order chi connectivity index (χ1) is 9.49. The van der Waals surface area contributed by atoms with E-state index in [2.05, 4.69) is 0 Å². The maximum atomic E-state index is 12.4. The first-order valence-corrected chi connectivity index (χ1v) is 6.46. The van der Waals surface area contributed by atoms with E-state index in [1.807, 2.05) is 19.9 Å². The lowest BCUT2D eigenvalue weighted by Crippen LogP contribution is -2.41. The lowest BCUT2D eigenvalue weighted by Gasteiger charge is -2.25. The zero-order valence-electron chi connectivity index (χ0n) is 11.9. The van der Waals surface area contributed by atoms with Crippen molar-refractivity contribution in [3.05, 3.63) is 35.4 Å². The number of amides is 1. The van der Waals surface area contributed by atoms with Crippen LogP contribution in [0, 0.1) is 11.3 Å². The smallest absolute Gasteiger partial charge is 0.325 e. The van der Waals surface area contributed by atoms with Crippen LogP contribution in [0.3, 0.4) is 0 Å². The van der Waals surface area contributed by atoms with Crippen molar-refractivity contribution in [2.24, 2.45) is 0 Å². The third-order valence-corrected chi connectivity index (χ3v) is 2.75. The highest BCUT2D eigenvalue weighted by Crippen LogP contribution is 2.10. The zero-order chi connectivity index (χ0) is 15.1. The summed E-state index contributed by atoms with van der Waals surface area (Å²) < 4.78 is 4.87. The van der Waals surface area contributed by atoms with E-state index in [1.165, 1.54) is 4.90 Å². The van der Waals surface area contributed by atoms with E-state index in [1.54, 1.807) is 31.2 Å². The molecular weight excluding hydrogens is 256 g/mol. The summed E-state index contributed by atoms with van der Waals surface area (Å²) in [6.07, 6.45) is 0. The topological polar surface area (TPSA) is 70.4 Å². The summed E-state index contributed by atoms with van der Waals surface area (Å²) in [5.74, 6) is -0.680. The molecule has 5 heteroatoms. The molecule has 1 rings (SSSR count). The monoisotopic (exact) mass is 274 g/mol. The molecule has 0 unspecified atom stereocenters. The van der Waals surface area contributed by atoms with Gasteiger partial charge in [0.15, 0.2) is 0 Å².